The van der Waals surface area contributed by atoms with Gasteiger partial charge < -0.3 is 4.74 Å². The summed E-state index contributed by atoms with van der Waals surface area (Å²) in [6.07, 6.45) is -3.90. The standard InChI is InChI=1S/C28H27F13N2O2/c1-2-3-4-5-16-14-42-21(43-15-16)17-8-12-20(13-9-17)45-22(44)18-6-10-19(11-7-18)23(29,30)24(31,32)25(33,34)26(35,36)27(37,38)28(39,40)41/h8-9,12-15,18-19H,2-7,10-11H2,1H3/t18-,19-. The van der Waals surface area contributed by atoms with E-state index < -0.39 is 79.3 Å². The average molecular weight is 671 g/mol. The van der Waals surface area contributed by atoms with Crippen LogP contribution >= 0.6 is 0 Å². The topological polar surface area (TPSA) is 52.1 Å². The summed E-state index contributed by atoms with van der Waals surface area (Å²) in [5, 5.41) is 0. The van der Waals surface area contributed by atoms with Crippen LogP contribution < -0.4 is 4.74 Å². The molecule has 1 aromatic carbocycles. The molecule has 1 heterocycles. The van der Waals surface area contributed by atoms with Crippen LogP contribution in [0.4, 0.5) is 57.1 Å². The molecule has 0 N–H and O–H groups in total. The van der Waals surface area contributed by atoms with Crippen molar-refractivity contribution in [3.05, 3.63) is 42.2 Å². The number of esters is 1. The Bertz CT molecular complexity index is 1290. The summed E-state index contributed by atoms with van der Waals surface area (Å²) in [5.41, 5.74) is 1.50. The molecule has 252 valence electrons. The van der Waals surface area contributed by atoms with E-state index >= 15 is 0 Å². The lowest BCUT2D eigenvalue weighted by molar-refractivity contribution is -0.443. The van der Waals surface area contributed by atoms with Crippen molar-refractivity contribution in [2.75, 3.05) is 0 Å². The van der Waals surface area contributed by atoms with E-state index in [0.29, 0.717) is 11.4 Å². The van der Waals surface area contributed by atoms with E-state index in [-0.39, 0.29) is 5.75 Å². The van der Waals surface area contributed by atoms with Crippen LogP contribution in [0, 0.1) is 11.8 Å². The Balaban J connectivity index is 1.63. The fraction of sp³-hybridized carbons (Fsp3) is 0.607. The molecule has 3 rings (SSSR count). The molecule has 0 aliphatic heterocycles. The average Bonchev–Trinajstić information content (AvgIpc) is 2.97. The normalized spacial score (nSPS) is 19.0. The van der Waals surface area contributed by atoms with Crippen molar-refractivity contribution in [1.29, 1.82) is 0 Å². The maximum absolute atomic E-state index is 14.5. The first-order valence-electron chi connectivity index (χ1n) is 13.7. The number of benzene rings is 1. The van der Waals surface area contributed by atoms with Gasteiger partial charge in [-0.05, 0) is 68.4 Å². The number of carbonyl (C=O) groups excluding carboxylic acids is 1. The van der Waals surface area contributed by atoms with Gasteiger partial charge in [0, 0.05) is 23.9 Å². The number of nitrogens with zero attached hydrogens (tertiary/aromatic N) is 2. The Kier molecular flexibility index (Phi) is 10.4. The zero-order valence-corrected chi connectivity index (χ0v) is 23.4. The van der Waals surface area contributed by atoms with Crippen LogP contribution in [-0.4, -0.2) is 51.7 Å². The van der Waals surface area contributed by atoms with Gasteiger partial charge in [0.2, 0.25) is 0 Å². The summed E-state index contributed by atoms with van der Waals surface area (Å²) in [5.74, 6) is -41.8. The highest BCUT2D eigenvalue weighted by molar-refractivity contribution is 5.75. The van der Waals surface area contributed by atoms with Gasteiger partial charge in [0.25, 0.3) is 0 Å². The molecule has 17 heteroatoms. The molecule has 0 saturated heterocycles. The summed E-state index contributed by atoms with van der Waals surface area (Å²) < 4.78 is 180. The predicted octanol–water partition coefficient (Wildman–Crippen LogP) is 9.33. The maximum atomic E-state index is 14.5. The highest BCUT2D eigenvalue weighted by Crippen LogP contribution is 2.62. The van der Waals surface area contributed by atoms with Crippen LogP contribution in [-0.2, 0) is 11.2 Å². The number of aryl methyl sites for hydroxylation is 1. The van der Waals surface area contributed by atoms with Crippen LogP contribution in [0.15, 0.2) is 36.7 Å². The van der Waals surface area contributed by atoms with Crippen molar-refractivity contribution in [2.24, 2.45) is 11.8 Å². The Morgan fingerprint density at radius 1 is 0.733 bits per heavy atom. The first kappa shape index (κ1) is 36.3. The van der Waals surface area contributed by atoms with Crippen molar-refractivity contribution in [1.82, 2.24) is 9.97 Å². The summed E-state index contributed by atoms with van der Waals surface area (Å²) in [7, 11) is 0. The van der Waals surface area contributed by atoms with Crippen molar-refractivity contribution >= 4 is 5.97 Å². The quantitative estimate of drug-likeness (QED) is 0.0978. The summed E-state index contributed by atoms with van der Waals surface area (Å²) in [6.45, 7) is 2.07. The number of ether oxygens (including phenoxy) is 1. The molecule has 0 spiro atoms. The summed E-state index contributed by atoms with van der Waals surface area (Å²) in [4.78, 5) is 21.1. The lowest BCUT2D eigenvalue weighted by Crippen LogP contribution is -2.71. The molecule has 2 aromatic rings. The van der Waals surface area contributed by atoms with Gasteiger partial charge in [-0.1, -0.05) is 19.8 Å². The van der Waals surface area contributed by atoms with Gasteiger partial charge in [0.15, 0.2) is 5.82 Å². The molecular weight excluding hydrogens is 643 g/mol. The molecule has 1 fully saturated rings. The molecule has 0 atom stereocenters. The minimum Gasteiger partial charge on any atom is -0.426 e. The van der Waals surface area contributed by atoms with Crippen molar-refractivity contribution in [3.8, 4) is 17.1 Å². The minimum absolute atomic E-state index is 0.0219. The molecule has 0 amide bonds. The first-order valence-corrected chi connectivity index (χ1v) is 13.7. The van der Waals surface area contributed by atoms with Crippen molar-refractivity contribution in [3.63, 3.8) is 0 Å². The number of hydrogen-bond acceptors (Lipinski definition) is 4. The third kappa shape index (κ3) is 6.86. The first-order chi connectivity index (χ1) is 20.6. The monoisotopic (exact) mass is 670 g/mol. The number of alkyl halides is 13. The Hall–Kier alpha value is -3.14. The number of hydrogen-bond donors (Lipinski definition) is 0. The summed E-state index contributed by atoms with van der Waals surface area (Å²) in [6, 6.07) is 5.72. The van der Waals surface area contributed by atoms with Gasteiger partial charge in [-0.25, -0.2) is 9.97 Å². The highest BCUT2D eigenvalue weighted by atomic mass is 19.4. The van der Waals surface area contributed by atoms with Gasteiger partial charge >= 0.3 is 41.8 Å². The maximum Gasteiger partial charge on any atom is 0.460 e. The third-order valence-electron chi connectivity index (χ3n) is 7.64. The second-order valence-electron chi connectivity index (χ2n) is 10.8. The molecule has 1 aliphatic rings. The molecule has 0 radical (unpaired) electrons. The zero-order chi connectivity index (χ0) is 34.1. The second kappa shape index (κ2) is 12.9. The molecule has 0 bridgehead atoms. The lowest BCUT2D eigenvalue weighted by atomic mass is 9.75. The number of rotatable bonds is 12. The van der Waals surface area contributed by atoms with Crippen molar-refractivity contribution in [2.45, 2.75) is 94.1 Å². The van der Waals surface area contributed by atoms with Crippen LogP contribution in [0.2, 0.25) is 0 Å². The lowest BCUT2D eigenvalue weighted by Gasteiger charge is -2.43. The van der Waals surface area contributed by atoms with Gasteiger partial charge in [0.05, 0.1) is 5.92 Å². The fourth-order valence-corrected chi connectivity index (χ4v) is 4.81. The molecule has 45 heavy (non-hydrogen) atoms. The largest absolute Gasteiger partial charge is 0.460 e. The molecule has 1 saturated carbocycles. The zero-order valence-electron chi connectivity index (χ0n) is 23.4. The summed E-state index contributed by atoms with van der Waals surface area (Å²) >= 11 is 0. The number of aromatic nitrogens is 2. The predicted molar refractivity (Wildman–Crippen MR) is 133 cm³/mol. The van der Waals surface area contributed by atoms with E-state index in [1.165, 1.54) is 24.3 Å². The second-order valence-corrected chi connectivity index (χ2v) is 10.8. The van der Waals surface area contributed by atoms with E-state index in [4.69, 9.17) is 4.74 Å². The molecule has 1 aromatic heterocycles. The van der Waals surface area contributed by atoms with E-state index in [2.05, 4.69) is 16.9 Å². The third-order valence-corrected chi connectivity index (χ3v) is 7.64. The minimum atomic E-state index is -7.94. The molecule has 4 nitrogen and oxygen atoms in total. The number of unbranched alkanes of at least 4 members (excludes halogenated alkanes) is 2. The van der Waals surface area contributed by atoms with Crippen LogP contribution in [0.25, 0.3) is 11.4 Å². The van der Waals surface area contributed by atoms with Crippen molar-refractivity contribution < 1.29 is 66.6 Å². The SMILES string of the molecule is CCCCCc1cnc(-c2ccc(OC(=O)[C@H]3CC[C@H](C(F)(F)C(F)(F)C(F)(F)C(F)(F)C(F)(F)C(F)(F)F)CC3)cc2)nc1. The van der Waals surface area contributed by atoms with E-state index in [1.807, 2.05) is 0 Å². The smallest absolute Gasteiger partial charge is 0.426 e. The highest BCUT2D eigenvalue weighted by Gasteiger charge is 2.91. The van der Waals surface area contributed by atoms with Gasteiger partial charge in [0.1, 0.15) is 5.75 Å². The Morgan fingerprint density at radius 2 is 1.24 bits per heavy atom. The Labute approximate surface area is 248 Å². The van der Waals surface area contributed by atoms with Gasteiger partial charge in [-0.3, -0.25) is 4.79 Å². The van der Waals surface area contributed by atoms with E-state index in [0.717, 1.165) is 31.2 Å². The molecular formula is C28H27F13N2O2. The van der Waals surface area contributed by atoms with Gasteiger partial charge in [-0.15, -0.1) is 0 Å². The van der Waals surface area contributed by atoms with E-state index in [1.54, 1.807) is 12.4 Å². The molecule has 1 aliphatic carbocycles. The molecule has 0 unspecified atom stereocenters. The number of halogens is 13. The van der Waals surface area contributed by atoms with Crippen LogP contribution in [0.5, 0.6) is 5.75 Å². The Morgan fingerprint density at radius 3 is 1.73 bits per heavy atom. The fourth-order valence-electron chi connectivity index (χ4n) is 4.81. The van der Waals surface area contributed by atoms with Crippen LogP contribution in [0.1, 0.15) is 57.4 Å². The van der Waals surface area contributed by atoms with Gasteiger partial charge in [-0.2, -0.15) is 57.1 Å². The van der Waals surface area contributed by atoms with Crippen LogP contribution in [0.3, 0.4) is 0 Å². The number of carbonyl (C=O) groups is 1. The van der Waals surface area contributed by atoms with E-state index in [9.17, 15) is 61.9 Å².